The van der Waals surface area contributed by atoms with Gasteiger partial charge in [0.25, 0.3) is 5.91 Å². The average molecular weight is 354 g/mol. The first kappa shape index (κ1) is 20.0. The van der Waals surface area contributed by atoms with E-state index in [0.29, 0.717) is 5.92 Å². The molecular formula is C23H31NO2. The largest absolute Gasteiger partial charge is 0.481 e. The number of rotatable bonds is 6. The van der Waals surface area contributed by atoms with Gasteiger partial charge in [0.2, 0.25) is 0 Å². The van der Waals surface area contributed by atoms with E-state index >= 15 is 0 Å². The van der Waals surface area contributed by atoms with Gasteiger partial charge in [-0.1, -0.05) is 49.7 Å². The molecule has 3 heteroatoms. The summed E-state index contributed by atoms with van der Waals surface area (Å²) in [5, 5.41) is 3.08. The number of amides is 1. The summed E-state index contributed by atoms with van der Waals surface area (Å²) < 4.78 is 6.03. The minimum absolute atomic E-state index is 0.0597. The molecule has 0 aliphatic rings. The Kier molecular flexibility index (Phi) is 6.47. The molecule has 0 bridgehead atoms. The minimum Gasteiger partial charge on any atom is -0.481 e. The molecule has 3 nitrogen and oxygen atoms in total. The molecule has 0 aliphatic carbocycles. The van der Waals surface area contributed by atoms with Crippen LogP contribution in [0.5, 0.6) is 5.75 Å². The fourth-order valence-electron chi connectivity index (χ4n) is 3.10. The highest BCUT2D eigenvalue weighted by Gasteiger charge is 2.20. The maximum Gasteiger partial charge on any atom is 0.261 e. The van der Waals surface area contributed by atoms with Crippen LogP contribution in [0.15, 0.2) is 36.4 Å². The van der Waals surface area contributed by atoms with Crippen LogP contribution >= 0.6 is 0 Å². The van der Waals surface area contributed by atoms with Crippen LogP contribution in [0, 0.1) is 20.8 Å². The van der Waals surface area contributed by atoms with Crippen LogP contribution in [0.3, 0.4) is 0 Å². The fourth-order valence-corrected chi connectivity index (χ4v) is 3.10. The van der Waals surface area contributed by atoms with Crippen LogP contribution in [0.1, 0.15) is 67.5 Å². The Morgan fingerprint density at radius 2 is 1.50 bits per heavy atom. The molecule has 0 spiro atoms. The first-order valence-corrected chi connectivity index (χ1v) is 9.33. The third kappa shape index (κ3) is 4.87. The summed E-state index contributed by atoms with van der Waals surface area (Å²) in [6.45, 7) is 14.2. The molecule has 2 atom stereocenters. The molecule has 2 rings (SSSR count). The molecule has 0 aliphatic heterocycles. The predicted molar refractivity (Wildman–Crippen MR) is 108 cm³/mol. The normalized spacial score (nSPS) is 13.4. The van der Waals surface area contributed by atoms with Gasteiger partial charge in [0.05, 0.1) is 6.04 Å². The van der Waals surface area contributed by atoms with Crippen molar-refractivity contribution >= 4 is 5.91 Å². The van der Waals surface area contributed by atoms with Gasteiger partial charge in [-0.2, -0.15) is 0 Å². The highest BCUT2D eigenvalue weighted by Crippen LogP contribution is 2.28. The number of carbonyl (C=O) groups is 1. The zero-order chi connectivity index (χ0) is 19.4. The van der Waals surface area contributed by atoms with Crippen molar-refractivity contribution in [2.75, 3.05) is 0 Å². The second-order valence-electron chi connectivity index (χ2n) is 7.55. The molecule has 0 saturated heterocycles. The Bertz CT molecular complexity index is 780. The number of aryl methyl sites for hydroxylation is 3. The third-order valence-corrected chi connectivity index (χ3v) is 4.72. The van der Waals surface area contributed by atoms with Crippen LogP contribution in [0.25, 0.3) is 0 Å². The summed E-state index contributed by atoms with van der Waals surface area (Å²) in [7, 11) is 0. The van der Waals surface area contributed by atoms with E-state index in [4.69, 9.17) is 4.74 Å². The van der Waals surface area contributed by atoms with Crippen molar-refractivity contribution in [1.82, 2.24) is 5.32 Å². The van der Waals surface area contributed by atoms with E-state index in [9.17, 15) is 4.79 Å². The van der Waals surface area contributed by atoms with E-state index in [0.717, 1.165) is 22.4 Å². The van der Waals surface area contributed by atoms with Gasteiger partial charge in [-0.15, -0.1) is 0 Å². The maximum absolute atomic E-state index is 12.7. The van der Waals surface area contributed by atoms with Gasteiger partial charge in [0, 0.05) is 0 Å². The summed E-state index contributed by atoms with van der Waals surface area (Å²) in [6, 6.07) is 12.4. The lowest BCUT2D eigenvalue weighted by molar-refractivity contribution is -0.127. The molecule has 0 fully saturated rings. The van der Waals surface area contributed by atoms with Crippen LogP contribution in [-0.4, -0.2) is 12.0 Å². The van der Waals surface area contributed by atoms with Gasteiger partial charge in [-0.05, 0) is 68.9 Å². The van der Waals surface area contributed by atoms with Gasteiger partial charge in [-0.3, -0.25) is 4.79 Å². The van der Waals surface area contributed by atoms with Gasteiger partial charge < -0.3 is 10.1 Å². The standard InChI is InChI=1S/C23H31NO2/c1-14(2)20-11-9-16(4)13-22(20)26-19(7)23(25)24-18(6)21-12-15(3)8-10-17(21)5/h8-14,18-19H,1-7H3,(H,24,25). The van der Waals surface area contributed by atoms with Crippen LogP contribution < -0.4 is 10.1 Å². The van der Waals surface area contributed by atoms with Crippen LogP contribution in [0.4, 0.5) is 0 Å². The molecule has 2 unspecified atom stereocenters. The minimum atomic E-state index is -0.554. The fraction of sp³-hybridized carbons (Fsp3) is 0.435. The predicted octanol–water partition coefficient (Wildman–Crippen LogP) is 5.38. The molecule has 1 amide bonds. The zero-order valence-corrected chi connectivity index (χ0v) is 17.0. The lowest BCUT2D eigenvalue weighted by Gasteiger charge is -2.22. The number of carbonyl (C=O) groups excluding carboxylic acids is 1. The molecule has 0 radical (unpaired) electrons. The molecule has 0 saturated carbocycles. The Morgan fingerprint density at radius 3 is 2.15 bits per heavy atom. The van der Waals surface area contributed by atoms with Crippen molar-refractivity contribution in [1.29, 1.82) is 0 Å². The van der Waals surface area contributed by atoms with Crippen molar-refractivity contribution in [2.45, 2.75) is 66.5 Å². The van der Waals surface area contributed by atoms with Gasteiger partial charge in [0.15, 0.2) is 6.10 Å². The number of benzene rings is 2. The topological polar surface area (TPSA) is 38.3 Å². The Balaban J connectivity index is 2.11. The summed E-state index contributed by atoms with van der Waals surface area (Å²) in [5.74, 6) is 1.03. The van der Waals surface area contributed by atoms with Crippen molar-refractivity contribution in [3.8, 4) is 5.75 Å². The molecule has 0 aromatic heterocycles. The van der Waals surface area contributed by atoms with Crippen molar-refractivity contribution in [2.24, 2.45) is 0 Å². The maximum atomic E-state index is 12.7. The Morgan fingerprint density at radius 1 is 0.885 bits per heavy atom. The Labute approximate surface area is 157 Å². The third-order valence-electron chi connectivity index (χ3n) is 4.72. The summed E-state index contributed by atoms with van der Waals surface area (Å²) in [5.41, 5.74) is 5.76. The van der Waals surface area contributed by atoms with E-state index in [1.807, 2.05) is 19.9 Å². The first-order valence-electron chi connectivity index (χ1n) is 9.33. The van der Waals surface area contributed by atoms with E-state index in [2.05, 4.69) is 63.3 Å². The number of hydrogen-bond donors (Lipinski definition) is 1. The van der Waals surface area contributed by atoms with E-state index in [-0.39, 0.29) is 11.9 Å². The second-order valence-corrected chi connectivity index (χ2v) is 7.55. The number of hydrogen-bond acceptors (Lipinski definition) is 2. The summed E-state index contributed by atoms with van der Waals surface area (Å²) >= 11 is 0. The van der Waals surface area contributed by atoms with E-state index in [1.165, 1.54) is 11.1 Å². The van der Waals surface area contributed by atoms with E-state index in [1.54, 1.807) is 6.92 Å². The SMILES string of the molecule is Cc1ccc(C(C)C)c(OC(C)C(=O)NC(C)c2cc(C)ccc2C)c1. The molecule has 26 heavy (non-hydrogen) atoms. The van der Waals surface area contributed by atoms with Crippen LogP contribution in [-0.2, 0) is 4.79 Å². The molecule has 2 aromatic carbocycles. The molecule has 0 heterocycles. The summed E-state index contributed by atoms with van der Waals surface area (Å²) in [6.07, 6.45) is -0.554. The quantitative estimate of drug-likeness (QED) is 0.757. The second kappa shape index (κ2) is 8.39. The van der Waals surface area contributed by atoms with Crippen LogP contribution in [0.2, 0.25) is 0 Å². The monoisotopic (exact) mass is 353 g/mol. The lowest BCUT2D eigenvalue weighted by atomic mass is 9.99. The van der Waals surface area contributed by atoms with Gasteiger partial charge in [0.1, 0.15) is 5.75 Å². The highest BCUT2D eigenvalue weighted by molar-refractivity contribution is 5.81. The zero-order valence-electron chi connectivity index (χ0n) is 17.0. The average Bonchev–Trinajstić information content (AvgIpc) is 2.56. The van der Waals surface area contributed by atoms with Crippen molar-refractivity contribution < 1.29 is 9.53 Å². The van der Waals surface area contributed by atoms with Crippen molar-refractivity contribution in [3.63, 3.8) is 0 Å². The smallest absolute Gasteiger partial charge is 0.261 e. The van der Waals surface area contributed by atoms with Gasteiger partial charge >= 0.3 is 0 Å². The number of nitrogens with one attached hydrogen (secondary N) is 1. The molecule has 2 aromatic rings. The lowest BCUT2D eigenvalue weighted by Crippen LogP contribution is -2.38. The highest BCUT2D eigenvalue weighted by atomic mass is 16.5. The first-order chi connectivity index (χ1) is 12.2. The van der Waals surface area contributed by atoms with Gasteiger partial charge in [-0.25, -0.2) is 0 Å². The van der Waals surface area contributed by atoms with E-state index < -0.39 is 6.10 Å². The molecule has 1 N–H and O–H groups in total. The Hall–Kier alpha value is -2.29. The molecule has 140 valence electrons. The number of ether oxygens (including phenoxy) is 1. The van der Waals surface area contributed by atoms with Crippen molar-refractivity contribution in [3.05, 3.63) is 64.2 Å². The molecular weight excluding hydrogens is 322 g/mol. The summed E-state index contributed by atoms with van der Waals surface area (Å²) in [4.78, 5) is 12.7.